The van der Waals surface area contributed by atoms with E-state index in [-0.39, 0.29) is 5.91 Å². The fourth-order valence-corrected chi connectivity index (χ4v) is 2.55. The Morgan fingerprint density at radius 1 is 1.25 bits per heavy atom. The highest BCUT2D eigenvalue weighted by Gasteiger charge is 2.27. The predicted molar refractivity (Wildman–Crippen MR) is 88.8 cm³/mol. The van der Waals surface area contributed by atoms with E-state index >= 15 is 0 Å². The van der Waals surface area contributed by atoms with E-state index in [9.17, 15) is 4.79 Å². The van der Waals surface area contributed by atoms with Gasteiger partial charge in [0.25, 0.3) is 0 Å². The van der Waals surface area contributed by atoms with Crippen LogP contribution in [0.25, 0.3) is 0 Å². The Hall–Kier alpha value is -2.67. The predicted octanol–water partition coefficient (Wildman–Crippen LogP) is 1.50. The van der Waals surface area contributed by atoms with Crippen molar-refractivity contribution >= 4 is 11.9 Å². The number of hydrogen-bond donors (Lipinski definition) is 1. The first-order valence-electron chi connectivity index (χ1n) is 7.83. The van der Waals surface area contributed by atoms with Gasteiger partial charge in [0.1, 0.15) is 6.04 Å². The van der Waals surface area contributed by atoms with Gasteiger partial charge in [0.2, 0.25) is 17.7 Å². The van der Waals surface area contributed by atoms with Gasteiger partial charge in [0.05, 0.1) is 20.3 Å². The Balaban J connectivity index is 1.85. The molecule has 0 unspecified atom stereocenters. The molecule has 1 atom stereocenters. The molecule has 126 valence electrons. The van der Waals surface area contributed by atoms with Gasteiger partial charge in [-0.15, -0.1) is 0 Å². The molecule has 0 radical (unpaired) electrons. The zero-order valence-corrected chi connectivity index (χ0v) is 13.5. The number of carbonyl (C=O) groups is 1. The number of aromatic nitrogens is 2. The van der Waals surface area contributed by atoms with Crippen molar-refractivity contribution in [3.63, 3.8) is 0 Å². The van der Waals surface area contributed by atoms with Gasteiger partial charge >= 0.3 is 0 Å². The third kappa shape index (κ3) is 3.80. The zero-order chi connectivity index (χ0) is 16.8. The quantitative estimate of drug-likeness (QED) is 0.896. The Morgan fingerprint density at radius 3 is 2.71 bits per heavy atom. The van der Waals surface area contributed by atoms with E-state index in [0.29, 0.717) is 38.1 Å². The molecule has 0 aliphatic carbocycles. The van der Waals surface area contributed by atoms with E-state index in [1.54, 1.807) is 24.3 Å². The number of nitrogens with one attached hydrogen (secondary N) is 1. The van der Waals surface area contributed by atoms with Crippen molar-refractivity contribution in [2.45, 2.75) is 6.04 Å². The van der Waals surface area contributed by atoms with Gasteiger partial charge in [-0.05, 0) is 5.56 Å². The summed E-state index contributed by atoms with van der Waals surface area (Å²) in [5, 5.41) is 3.13. The first kappa shape index (κ1) is 16.2. The van der Waals surface area contributed by atoms with Crippen LogP contribution < -0.4 is 10.1 Å². The Labute approximate surface area is 140 Å². The van der Waals surface area contributed by atoms with E-state index in [1.165, 1.54) is 0 Å². The Kier molecular flexibility index (Phi) is 5.22. The topological polar surface area (TPSA) is 76.6 Å². The monoisotopic (exact) mass is 328 g/mol. The van der Waals surface area contributed by atoms with Crippen molar-refractivity contribution in [1.82, 2.24) is 14.9 Å². The van der Waals surface area contributed by atoms with Crippen molar-refractivity contribution in [3.8, 4) is 5.88 Å². The summed E-state index contributed by atoms with van der Waals surface area (Å²) in [6.07, 6.45) is 1.59. The molecule has 1 aromatic carbocycles. The molecule has 0 saturated carbocycles. The van der Waals surface area contributed by atoms with E-state index in [2.05, 4.69) is 15.3 Å². The molecule has 2 aromatic rings. The van der Waals surface area contributed by atoms with Crippen molar-refractivity contribution in [2.75, 3.05) is 38.7 Å². The molecule has 1 N–H and O–H groups in total. The standard InChI is InChI=1S/C17H20N4O3/c1-23-14-7-8-18-17(19-14)20-15(13-5-3-2-4-6-13)16(22)21-9-11-24-12-10-21/h2-8,15H,9-12H2,1H3,(H,18,19,20)/t15-/m1/s1. The molecule has 7 nitrogen and oxygen atoms in total. The maximum Gasteiger partial charge on any atom is 0.249 e. The third-order valence-electron chi connectivity index (χ3n) is 3.82. The van der Waals surface area contributed by atoms with E-state index in [1.807, 2.05) is 30.3 Å². The first-order valence-corrected chi connectivity index (χ1v) is 7.83. The summed E-state index contributed by atoms with van der Waals surface area (Å²) in [7, 11) is 1.54. The second-order valence-corrected chi connectivity index (χ2v) is 5.35. The first-order chi connectivity index (χ1) is 11.8. The van der Waals surface area contributed by atoms with Crippen LogP contribution in [0.1, 0.15) is 11.6 Å². The molecule has 24 heavy (non-hydrogen) atoms. The van der Waals surface area contributed by atoms with Gasteiger partial charge in [-0.25, -0.2) is 4.98 Å². The summed E-state index contributed by atoms with van der Waals surface area (Å²) in [6, 6.07) is 10.7. The fraction of sp³-hybridized carbons (Fsp3) is 0.353. The molecule has 1 amide bonds. The van der Waals surface area contributed by atoms with Crippen molar-refractivity contribution in [2.24, 2.45) is 0 Å². The van der Waals surface area contributed by atoms with Crippen LogP contribution >= 0.6 is 0 Å². The van der Waals surface area contributed by atoms with Gasteiger partial charge in [-0.2, -0.15) is 4.98 Å². The molecule has 7 heteroatoms. The molecule has 1 aliphatic rings. The Bertz CT molecular complexity index is 675. The van der Waals surface area contributed by atoms with E-state index in [4.69, 9.17) is 9.47 Å². The highest BCUT2D eigenvalue weighted by atomic mass is 16.5. The maximum atomic E-state index is 13.0. The summed E-state index contributed by atoms with van der Waals surface area (Å²) in [5.74, 6) is 0.777. The number of nitrogens with zero attached hydrogens (tertiary/aromatic N) is 3. The lowest BCUT2D eigenvalue weighted by atomic mass is 10.1. The number of ether oxygens (including phenoxy) is 2. The van der Waals surface area contributed by atoms with Gasteiger partial charge in [0, 0.05) is 25.4 Å². The zero-order valence-electron chi connectivity index (χ0n) is 13.5. The van der Waals surface area contributed by atoms with Gasteiger partial charge in [-0.3, -0.25) is 4.79 Å². The van der Waals surface area contributed by atoms with Crippen molar-refractivity contribution in [1.29, 1.82) is 0 Å². The van der Waals surface area contributed by atoms with Crippen LogP contribution in [0.4, 0.5) is 5.95 Å². The van der Waals surface area contributed by atoms with Crippen LogP contribution in [0.15, 0.2) is 42.6 Å². The van der Waals surface area contributed by atoms with Crippen LogP contribution in [0.5, 0.6) is 5.88 Å². The average molecular weight is 328 g/mol. The number of anilines is 1. The number of hydrogen-bond acceptors (Lipinski definition) is 6. The normalized spacial score (nSPS) is 15.6. The lowest BCUT2D eigenvalue weighted by Gasteiger charge is -2.31. The van der Waals surface area contributed by atoms with Crippen molar-refractivity contribution in [3.05, 3.63) is 48.2 Å². The molecule has 1 fully saturated rings. The van der Waals surface area contributed by atoms with Crippen LogP contribution in [0.2, 0.25) is 0 Å². The molecule has 1 aliphatic heterocycles. The summed E-state index contributed by atoms with van der Waals surface area (Å²) in [6.45, 7) is 2.29. The maximum absolute atomic E-state index is 13.0. The SMILES string of the molecule is COc1ccnc(N[C@@H](C(=O)N2CCOCC2)c2ccccc2)n1. The van der Waals surface area contributed by atoms with Gasteiger partial charge in [0.15, 0.2) is 0 Å². The third-order valence-corrected chi connectivity index (χ3v) is 3.82. The number of rotatable bonds is 5. The minimum Gasteiger partial charge on any atom is -0.481 e. The molecule has 1 saturated heterocycles. The van der Waals surface area contributed by atoms with Gasteiger partial charge < -0.3 is 19.7 Å². The molecular weight excluding hydrogens is 308 g/mol. The molecule has 3 rings (SSSR count). The summed E-state index contributed by atoms with van der Waals surface area (Å²) >= 11 is 0. The van der Waals surface area contributed by atoms with Crippen LogP contribution in [0.3, 0.4) is 0 Å². The van der Waals surface area contributed by atoms with Crippen LogP contribution in [0, 0.1) is 0 Å². The van der Waals surface area contributed by atoms with E-state index < -0.39 is 6.04 Å². The largest absolute Gasteiger partial charge is 0.481 e. The average Bonchev–Trinajstić information content (AvgIpc) is 2.67. The van der Waals surface area contributed by atoms with E-state index in [0.717, 1.165) is 5.56 Å². The molecule has 2 heterocycles. The second-order valence-electron chi connectivity index (χ2n) is 5.35. The minimum atomic E-state index is -0.559. The highest BCUT2D eigenvalue weighted by Crippen LogP contribution is 2.21. The lowest BCUT2D eigenvalue weighted by molar-refractivity contribution is -0.136. The van der Waals surface area contributed by atoms with Gasteiger partial charge in [-0.1, -0.05) is 30.3 Å². The summed E-state index contributed by atoms with van der Waals surface area (Å²) in [5.41, 5.74) is 0.861. The molecule has 1 aromatic heterocycles. The smallest absolute Gasteiger partial charge is 0.249 e. The number of benzene rings is 1. The molecule has 0 spiro atoms. The molecular formula is C17H20N4O3. The lowest BCUT2D eigenvalue weighted by Crippen LogP contribution is -2.44. The van der Waals surface area contributed by atoms with Crippen molar-refractivity contribution < 1.29 is 14.3 Å². The fourth-order valence-electron chi connectivity index (χ4n) is 2.55. The summed E-state index contributed by atoms with van der Waals surface area (Å²) in [4.78, 5) is 23.2. The van der Waals surface area contributed by atoms with Crippen LogP contribution in [-0.4, -0.2) is 54.2 Å². The minimum absolute atomic E-state index is 0.0177. The summed E-state index contributed by atoms with van der Waals surface area (Å²) < 4.78 is 10.4. The number of methoxy groups -OCH3 is 1. The Morgan fingerprint density at radius 2 is 2.00 bits per heavy atom. The number of morpholine rings is 1. The highest BCUT2D eigenvalue weighted by molar-refractivity contribution is 5.85. The second kappa shape index (κ2) is 7.74. The number of carbonyl (C=O) groups excluding carboxylic acids is 1. The van der Waals surface area contributed by atoms with Crippen LogP contribution in [-0.2, 0) is 9.53 Å². The number of amides is 1. The molecule has 0 bridgehead atoms.